The number of nitrogens with one attached hydrogen (secondary N) is 16. The van der Waals surface area contributed by atoms with Crippen molar-refractivity contribution >= 4 is 123 Å². The van der Waals surface area contributed by atoms with E-state index in [9.17, 15) is 107 Å². The Hall–Kier alpha value is -12.3. The van der Waals surface area contributed by atoms with Crippen LogP contribution in [-0.2, 0) is 52.7 Å². The van der Waals surface area contributed by atoms with Crippen LogP contribution in [0.25, 0.3) is 0 Å². The molecule has 21 N–H and O–H groups in total. The average molecular weight is 1420 g/mol. The number of aliphatic hydroxyl groups excluding tert-OH is 1. The Morgan fingerprint density at radius 2 is 1.01 bits per heavy atom. The number of rotatable bonds is 27. The van der Waals surface area contributed by atoms with Crippen molar-refractivity contribution < 1.29 is 97.1 Å². The molecular formula is C60H79N19O22. The van der Waals surface area contributed by atoms with E-state index in [0.29, 0.717) is 0 Å². The molecule has 0 radical (unpaired) electrons. The lowest BCUT2D eigenvalue weighted by Crippen LogP contribution is -2.57. The molecule has 0 bridgehead atoms. The first-order chi connectivity index (χ1) is 48.0. The molecule has 1 unspecified atom stereocenters. The lowest BCUT2D eigenvalue weighted by molar-refractivity contribution is -0.385. The Balaban J connectivity index is 1.11. The highest BCUT2D eigenvalue weighted by atomic mass is 16.6. The standard InChI is InChI=1S/C60H79N19O22/c1-31(80)50-58(95)67-28-46(82)72-42(10-6-22-63-39-19-17-35(79(100)101)25-37(39)52(89)77-50)55(92)74-40(53(90)68-29-48(84)85)8-2-4-20-64-59(96)70-32-12-14-33(15-13-32)71-60(97)65-21-5-3-9-41(54(91)69-30-49(86)87)75-56(93)43-11-7-23-62-38-18-16-34(78(98)99)24-36(38)51(88)66-27-47(83)73-44(26-45(61)81)57(94)76-43/h12-19,24-25,31,40-44,50,62-63,80H,2-11,20-23,26-30H2,1H3,(H2,61,81)(H,66,88)(H,67,95)(H,68,90)(H,69,91)(H,72,82)(H,73,83)(H,74,92)(H,75,93)(H,76,94)(H,77,89)(H,84,85)(H,86,87)(H2,64,70,96)(H2,65,71,97)/t31?,40-,41-,42-,43-,44-,50-/m0/s1. The fourth-order valence-electron chi connectivity index (χ4n) is 9.89. The minimum atomic E-state index is -1.67. The van der Waals surface area contributed by atoms with Crippen LogP contribution in [0.3, 0.4) is 0 Å². The van der Waals surface area contributed by atoms with E-state index < -0.39 is 185 Å². The average Bonchev–Trinajstić information content (AvgIpc) is 1.32. The number of carboxylic acid groups (broad SMARTS) is 2. The number of nitro benzene ring substituents is 2. The van der Waals surface area contributed by atoms with Crippen molar-refractivity contribution in [3.8, 4) is 0 Å². The van der Waals surface area contributed by atoms with Crippen LogP contribution < -0.4 is 90.8 Å². The number of nitrogens with two attached hydrogens (primary N) is 1. The summed E-state index contributed by atoms with van der Waals surface area (Å²) in [4.78, 5) is 215. The summed E-state index contributed by atoms with van der Waals surface area (Å²) in [5, 5.41) is 91.7. The third-order valence-corrected chi connectivity index (χ3v) is 15.0. The Bertz CT molecular complexity index is 3600. The van der Waals surface area contributed by atoms with Gasteiger partial charge in [-0.25, -0.2) is 9.59 Å². The van der Waals surface area contributed by atoms with Crippen molar-refractivity contribution in [3.05, 3.63) is 92.0 Å². The number of aliphatic hydroxyl groups is 1. The quantitative estimate of drug-likeness (QED) is 0.0204. The summed E-state index contributed by atoms with van der Waals surface area (Å²) < 4.78 is 0. The van der Waals surface area contributed by atoms with Crippen LogP contribution in [0.2, 0.25) is 0 Å². The summed E-state index contributed by atoms with van der Waals surface area (Å²) in [6.07, 6.45) is -1.89. The van der Waals surface area contributed by atoms with Gasteiger partial charge < -0.3 is 106 Å². The summed E-state index contributed by atoms with van der Waals surface area (Å²) in [5.41, 5.74) is 4.76. The number of amides is 15. The molecule has 41 heteroatoms. The maximum atomic E-state index is 14.0. The lowest BCUT2D eigenvalue weighted by Gasteiger charge is -2.25. The second-order valence-electron chi connectivity index (χ2n) is 22.9. The summed E-state index contributed by atoms with van der Waals surface area (Å²) in [6, 6.07) is 2.31. The molecule has 0 saturated heterocycles. The fourth-order valence-corrected chi connectivity index (χ4v) is 9.89. The Kier molecular flexibility index (Phi) is 31.3. The van der Waals surface area contributed by atoms with E-state index in [-0.39, 0.29) is 124 Å². The van der Waals surface area contributed by atoms with Crippen molar-refractivity contribution in [3.63, 3.8) is 0 Å². The first kappa shape index (κ1) is 79.4. The fraction of sp³-hybridized carbons (Fsp3) is 0.450. The summed E-state index contributed by atoms with van der Waals surface area (Å²) in [6.45, 7) is -1.90. The smallest absolute Gasteiger partial charge is 0.322 e. The number of primary amides is 1. The molecule has 0 saturated carbocycles. The van der Waals surface area contributed by atoms with Gasteiger partial charge in [0.25, 0.3) is 23.2 Å². The largest absolute Gasteiger partial charge is 0.480 e. The minimum absolute atomic E-state index is 0.00212. The molecule has 0 aliphatic carbocycles. The van der Waals surface area contributed by atoms with Crippen LogP contribution in [0.15, 0.2) is 60.7 Å². The predicted octanol–water partition coefficient (Wildman–Crippen LogP) is -3.08. The zero-order valence-corrected chi connectivity index (χ0v) is 54.3. The van der Waals surface area contributed by atoms with Crippen molar-refractivity contribution in [2.45, 2.75) is 120 Å². The number of aliphatic carboxylic acids is 2. The van der Waals surface area contributed by atoms with Crippen molar-refractivity contribution in [1.82, 2.24) is 63.8 Å². The van der Waals surface area contributed by atoms with Gasteiger partial charge in [-0.2, -0.15) is 0 Å². The highest BCUT2D eigenvalue weighted by molar-refractivity contribution is 6.04. The number of carboxylic acids is 2. The second kappa shape index (κ2) is 39.8. The normalized spacial score (nSPS) is 17.8. The summed E-state index contributed by atoms with van der Waals surface area (Å²) >= 11 is 0. The molecule has 2 aliphatic rings. The number of anilines is 4. The zero-order chi connectivity index (χ0) is 74.3. The molecule has 41 nitrogen and oxygen atoms in total. The van der Waals surface area contributed by atoms with Gasteiger partial charge >= 0.3 is 24.0 Å². The van der Waals surface area contributed by atoms with Gasteiger partial charge in [0, 0.05) is 73.2 Å². The van der Waals surface area contributed by atoms with Crippen LogP contribution in [-0.4, -0.2) is 209 Å². The van der Waals surface area contributed by atoms with Gasteiger partial charge in [0.1, 0.15) is 49.3 Å². The molecule has 5 rings (SSSR count). The Morgan fingerprint density at radius 1 is 0.564 bits per heavy atom. The van der Waals surface area contributed by atoms with Crippen LogP contribution in [0, 0.1) is 20.2 Å². The van der Waals surface area contributed by atoms with Gasteiger partial charge in [0.05, 0.1) is 46.6 Å². The van der Waals surface area contributed by atoms with E-state index in [4.69, 9.17) is 5.73 Å². The van der Waals surface area contributed by atoms with E-state index in [0.717, 1.165) is 24.3 Å². The first-order valence-corrected chi connectivity index (χ1v) is 31.5. The van der Waals surface area contributed by atoms with Crippen LogP contribution in [0.4, 0.5) is 43.7 Å². The maximum absolute atomic E-state index is 14.0. The van der Waals surface area contributed by atoms with E-state index in [1.165, 1.54) is 43.3 Å². The summed E-state index contributed by atoms with van der Waals surface area (Å²) in [5.74, 6) is -13.3. The highest BCUT2D eigenvalue weighted by Gasteiger charge is 2.34. The number of carbonyl (C=O) groups is 15. The number of nitro groups is 2. The van der Waals surface area contributed by atoms with E-state index >= 15 is 0 Å². The molecule has 2 heterocycles. The van der Waals surface area contributed by atoms with Gasteiger partial charge in [0.2, 0.25) is 53.2 Å². The van der Waals surface area contributed by atoms with Crippen LogP contribution >= 0.6 is 0 Å². The van der Waals surface area contributed by atoms with E-state index in [1.807, 2.05) is 0 Å². The molecule has 546 valence electrons. The molecule has 3 aromatic rings. The second-order valence-corrected chi connectivity index (χ2v) is 22.9. The topological polar surface area (TPSA) is 622 Å². The van der Waals surface area contributed by atoms with Gasteiger partial charge in [-0.3, -0.25) is 82.6 Å². The van der Waals surface area contributed by atoms with Crippen molar-refractivity contribution in [2.24, 2.45) is 5.73 Å². The first-order valence-electron chi connectivity index (χ1n) is 31.5. The minimum Gasteiger partial charge on any atom is -0.480 e. The molecule has 0 aromatic heterocycles. The molecule has 2 aliphatic heterocycles. The number of nitrogens with zero attached hydrogens (tertiary/aromatic N) is 2. The molecule has 3 aromatic carbocycles. The maximum Gasteiger partial charge on any atom is 0.322 e. The molecule has 7 atom stereocenters. The number of fused-ring (bicyclic) bond motifs is 2. The molecule has 0 spiro atoms. The molecule has 15 amide bonds. The SMILES string of the molecule is CC(O)[C@@H]1NC(=O)c2cc([N+](=O)[O-])ccc2NCCC[C@@H](C(=O)N[C@@H](CCCCNC(=O)Nc2ccc(NC(=O)NCCCC[C@H](NC(=O)[C@@H]3CCCNc4ccc([N+](=O)[O-])cc4C(=O)NCC(=O)N[C@@H](CC(N)=O)C(=O)N3)C(=O)NCC(=O)O)cc2)C(=O)NCC(=O)O)NC(=O)CNC1=O. The third kappa shape index (κ3) is 27.2. The number of non-ortho nitro benzene ring substituents is 2. The van der Waals surface area contributed by atoms with Crippen LogP contribution in [0.1, 0.15) is 98.3 Å². The molecule has 0 fully saturated rings. The van der Waals surface area contributed by atoms with Crippen molar-refractivity contribution in [1.29, 1.82) is 0 Å². The van der Waals surface area contributed by atoms with Crippen LogP contribution in [0.5, 0.6) is 0 Å². The Labute approximate surface area is 573 Å². The zero-order valence-electron chi connectivity index (χ0n) is 54.3. The van der Waals surface area contributed by atoms with Crippen molar-refractivity contribution in [2.75, 3.05) is 73.6 Å². The van der Waals surface area contributed by atoms with Gasteiger partial charge in [0.15, 0.2) is 0 Å². The number of hydrogen-bond donors (Lipinski definition) is 20. The van der Waals surface area contributed by atoms with E-state index in [2.05, 4.69) is 85.1 Å². The monoisotopic (exact) mass is 1420 g/mol. The number of unbranched alkanes of at least 4 members (excludes halogenated alkanes) is 2. The molecular weight excluding hydrogens is 1340 g/mol. The third-order valence-electron chi connectivity index (χ3n) is 15.0. The van der Waals surface area contributed by atoms with E-state index in [1.54, 1.807) is 0 Å². The van der Waals surface area contributed by atoms with Gasteiger partial charge in [-0.1, -0.05) is 0 Å². The number of urea groups is 2. The number of benzene rings is 3. The van der Waals surface area contributed by atoms with Gasteiger partial charge in [-0.15, -0.1) is 0 Å². The number of carbonyl (C=O) groups excluding carboxylic acids is 13. The Morgan fingerprint density at radius 3 is 1.46 bits per heavy atom. The molecule has 101 heavy (non-hydrogen) atoms. The highest BCUT2D eigenvalue weighted by Crippen LogP contribution is 2.25. The summed E-state index contributed by atoms with van der Waals surface area (Å²) in [7, 11) is 0. The van der Waals surface area contributed by atoms with Gasteiger partial charge in [-0.05, 0) is 108 Å². The number of hydrogen-bond acceptors (Lipinski definition) is 22. The predicted molar refractivity (Wildman–Crippen MR) is 353 cm³/mol. The lowest BCUT2D eigenvalue weighted by atomic mass is 10.0.